The Morgan fingerprint density at radius 1 is 0.607 bits per heavy atom. The molecule has 8 nitrogen and oxygen atoms in total. The molecule has 4 aromatic carbocycles. The number of methoxy groups -OCH3 is 4. The molecular weight excluding hydrogens is 701 g/mol. The number of hydrogen-bond donors (Lipinski definition) is 0. The minimum atomic E-state index is 0.109. The van der Waals surface area contributed by atoms with Crippen molar-refractivity contribution in [2.45, 2.75) is 58.0 Å². The van der Waals surface area contributed by atoms with Gasteiger partial charge in [-0.25, -0.2) is 0 Å². The SMILES string of the molecule is COc1cc2c(cc1OC)C(=O)/C(=C\C1CCN(Cc3ccccc3)CC1)C2.COc1cc2c(cc1OC)C(=O)C(CC1CCN(Cc3ccccc3)CC1)C2. The fourth-order valence-electron chi connectivity index (χ4n) is 8.99. The van der Waals surface area contributed by atoms with Gasteiger partial charge in [0.2, 0.25) is 0 Å². The molecule has 8 heteroatoms. The Morgan fingerprint density at radius 3 is 1.62 bits per heavy atom. The van der Waals surface area contributed by atoms with Crippen molar-refractivity contribution in [2.24, 2.45) is 17.8 Å². The first-order chi connectivity index (χ1) is 27.3. The first-order valence-electron chi connectivity index (χ1n) is 20.2. The minimum absolute atomic E-state index is 0.109. The van der Waals surface area contributed by atoms with Crippen LogP contribution in [0, 0.1) is 17.8 Å². The molecule has 0 saturated carbocycles. The van der Waals surface area contributed by atoms with E-state index in [1.165, 1.54) is 24.0 Å². The van der Waals surface area contributed by atoms with Gasteiger partial charge in [0.15, 0.2) is 34.6 Å². The van der Waals surface area contributed by atoms with Crippen molar-refractivity contribution in [1.29, 1.82) is 0 Å². The summed E-state index contributed by atoms with van der Waals surface area (Å²) in [6, 6.07) is 28.9. The second-order valence-electron chi connectivity index (χ2n) is 15.7. The van der Waals surface area contributed by atoms with E-state index in [-0.39, 0.29) is 17.5 Å². The van der Waals surface area contributed by atoms with Gasteiger partial charge < -0.3 is 18.9 Å². The van der Waals surface area contributed by atoms with Gasteiger partial charge in [-0.2, -0.15) is 0 Å². The number of carbonyl (C=O) groups is 2. The summed E-state index contributed by atoms with van der Waals surface area (Å²) in [5, 5.41) is 0. The van der Waals surface area contributed by atoms with Gasteiger partial charge in [0, 0.05) is 42.1 Å². The van der Waals surface area contributed by atoms with Crippen molar-refractivity contribution >= 4 is 11.6 Å². The number of ether oxygens (including phenoxy) is 4. The lowest BCUT2D eigenvalue weighted by molar-refractivity contribution is 0.0895. The van der Waals surface area contributed by atoms with E-state index in [0.29, 0.717) is 41.3 Å². The Hall–Kier alpha value is -4.92. The highest BCUT2D eigenvalue weighted by Gasteiger charge is 2.35. The summed E-state index contributed by atoms with van der Waals surface area (Å²) in [6.45, 7) is 6.43. The van der Waals surface area contributed by atoms with Crippen LogP contribution < -0.4 is 18.9 Å². The normalized spacial score (nSPS) is 19.6. The van der Waals surface area contributed by atoms with Gasteiger partial charge in [-0.15, -0.1) is 0 Å². The molecule has 56 heavy (non-hydrogen) atoms. The summed E-state index contributed by atoms with van der Waals surface area (Å²) in [5.74, 6) is 4.30. The van der Waals surface area contributed by atoms with E-state index in [0.717, 1.165) is 92.8 Å². The molecule has 2 saturated heterocycles. The lowest BCUT2D eigenvalue weighted by atomic mass is 9.85. The Kier molecular flexibility index (Phi) is 12.9. The van der Waals surface area contributed by atoms with E-state index < -0.39 is 0 Å². The molecule has 2 aliphatic carbocycles. The number of nitrogens with zero attached hydrogens (tertiary/aromatic N) is 2. The quantitative estimate of drug-likeness (QED) is 0.141. The number of benzene rings is 4. The highest BCUT2D eigenvalue weighted by atomic mass is 16.5. The molecule has 0 N–H and O–H groups in total. The maximum Gasteiger partial charge on any atom is 0.189 e. The number of carbonyl (C=O) groups excluding carboxylic acids is 2. The lowest BCUT2D eigenvalue weighted by Gasteiger charge is -2.32. The van der Waals surface area contributed by atoms with E-state index in [9.17, 15) is 9.59 Å². The van der Waals surface area contributed by atoms with Crippen molar-refractivity contribution in [3.63, 3.8) is 0 Å². The maximum atomic E-state index is 12.9. The molecular formula is C48H56N2O6. The van der Waals surface area contributed by atoms with E-state index in [1.54, 1.807) is 28.4 Å². The largest absolute Gasteiger partial charge is 0.493 e. The van der Waals surface area contributed by atoms with Crippen LogP contribution in [0.15, 0.2) is 96.6 Å². The molecule has 4 aliphatic rings. The fraction of sp³-hybridized carbons (Fsp3) is 0.417. The Labute approximate surface area is 332 Å². The molecule has 294 valence electrons. The zero-order valence-corrected chi connectivity index (χ0v) is 33.4. The van der Waals surface area contributed by atoms with Crippen LogP contribution >= 0.6 is 0 Å². The summed E-state index contributed by atoms with van der Waals surface area (Å²) < 4.78 is 21.5. The van der Waals surface area contributed by atoms with Crippen molar-refractivity contribution in [2.75, 3.05) is 54.6 Å². The summed E-state index contributed by atoms with van der Waals surface area (Å²) in [6.07, 6.45) is 9.31. The van der Waals surface area contributed by atoms with Crippen LogP contribution in [0.4, 0.5) is 0 Å². The van der Waals surface area contributed by atoms with Crippen LogP contribution in [0.5, 0.6) is 23.0 Å². The van der Waals surface area contributed by atoms with Crippen molar-refractivity contribution in [3.05, 3.63) is 130 Å². The topological polar surface area (TPSA) is 77.5 Å². The third kappa shape index (κ3) is 9.20. The zero-order chi connectivity index (χ0) is 39.0. The molecule has 2 aliphatic heterocycles. The number of Topliss-reactive ketones (excluding diaryl/α,β-unsaturated/α-hetero) is 2. The minimum Gasteiger partial charge on any atom is -0.493 e. The van der Waals surface area contributed by atoms with E-state index in [2.05, 4.69) is 76.5 Å². The second-order valence-corrected chi connectivity index (χ2v) is 15.7. The number of likely N-dealkylation sites (tertiary alicyclic amines) is 2. The molecule has 0 amide bonds. The van der Waals surface area contributed by atoms with Crippen molar-refractivity contribution < 1.29 is 28.5 Å². The van der Waals surface area contributed by atoms with Crippen LogP contribution in [-0.2, 0) is 25.9 Å². The smallest absolute Gasteiger partial charge is 0.189 e. The molecule has 8 rings (SSSR count). The Balaban J connectivity index is 0.000000172. The summed E-state index contributed by atoms with van der Waals surface area (Å²) in [4.78, 5) is 30.8. The molecule has 1 atom stereocenters. The van der Waals surface area contributed by atoms with Gasteiger partial charge in [0.25, 0.3) is 0 Å². The summed E-state index contributed by atoms with van der Waals surface area (Å²) in [5.41, 5.74) is 7.39. The van der Waals surface area contributed by atoms with Crippen LogP contribution in [0.1, 0.15) is 75.1 Å². The van der Waals surface area contributed by atoms with Crippen LogP contribution in [-0.4, -0.2) is 76.0 Å². The van der Waals surface area contributed by atoms with Crippen LogP contribution in [0.25, 0.3) is 0 Å². The van der Waals surface area contributed by atoms with Gasteiger partial charge in [-0.05, 0) is 123 Å². The highest BCUT2D eigenvalue weighted by molar-refractivity contribution is 6.13. The zero-order valence-electron chi connectivity index (χ0n) is 33.4. The second kappa shape index (κ2) is 18.4. The number of hydrogen-bond acceptors (Lipinski definition) is 8. The molecule has 1 unspecified atom stereocenters. The van der Waals surface area contributed by atoms with Gasteiger partial charge in [-0.1, -0.05) is 66.7 Å². The average molecular weight is 757 g/mol. The molecule has 0 bridgehead atoms. The number of fused-ring (bicyclic) bond motifs is 2. The molecule has 2 fully saturated rings. The molecule has 0 spiro atoms. The maximum absolute atomic E-state index is 12.9. The molecule has 0 radical (unpaired) electrons. The third-order valence-corrected chi connectivity index (χ3v) is 12.1. The highest BCUT2D eigenvalue weighted by Crippen LogP contribution is 2.40. The average Bonchev–Trinajstić information content (AvgIpc) is 3.71. The van der Waals surface area contributed by atoms with E-state index >= 15 is 0 Å². The lowest BCUT2D eigenvalue weighted by Crippen LogP contribution is -2.34. The number of piperidine rings is 2. The fourth-order valence-corrected chi connectivity index (χ4v) is 8.99. The van der Waals surface area contributed by atoms with Crippen molar-refractivity contribution in [1.82, 2.24) is 9.80 Å². The van der Waals surface area contributed by atoms with Gasteiger partial charge in [0.05, 0.1) is 28.4 Å². The molecule has 0 aromatic heterocycles. The van der Waals surface area contributed by atoms with Gasteiger partial charge in [-0.3, -0.25) is 19.4 Å². The summed E-state index contributed by atoms with van der Waals surface area (Å²) >= 11 is 0. The third-order valence-electron chi connectivity index (χ3n) is 12.1. The van der Waals surface area contributed by atoms with E-state index in [4.69, 9.17) is 18.9 Å². The number of allylic oxidation sites excluding steroid dienone is 2. The number of rotatable bonds is 11. The molecule has 4 aromatic rings. The van der Waals surface area contributed by atoms with Gasteiger partial charge in [0.1, 0.15) is 0 Å². The van der Waals surface area contributed by atoms with Crippen LogP contribution in [0.3, 0.4) is 0 Å². The van der Waals surface area contributed by atoms with E-state index in [1.807, 2.05) is 24.3 Å². The van der Waals surface area contributed by atoms with Gasteiger partial charge >= 0.3 is 0 Å². The van der Waals surface area contributed by atoms with Crippen LogP contribution in [0.2, 0.25) is 0 Å². The molecule has 2 heterocycles. The Morgan fingerprint density at radius 2 is 1.09 bits per heavy atom. The van der Waals surface area contributed by atoms with Crippen molar-refractivity contribution in [3.8, 4) is 23.0 Å². The Bertz CT molecular complexity index is 2000. The monoisotopic (exact) mass is 756 g/mol. The predicted molar refractivity (Wildman–Crippen MR) is 220 cm³/mol. The predicted octanol–water partition coefficient (Wildman–Crippen LogP) is 8.64. The first kappa shape index (κ1) is 39.3. The summed E-state index contributed by atoms with van der Waals surface area (Å²) in [7, 11) is 6.48. The first-order valence-corrected chi connectivity index (χ1v) is 20.2. The number of ketones is 2. The standard InChI is InChI=1S/C24H29NO3.C24H27NO3/c2*1-27-22-14-19-13-20(24(26)21(19)15-23(22)28-2)12-17-8-10-25(11-9-17)16-18-6-4-3-5-7-18/h3-7,14-15,17,20H,8-13,16H2,1-2H3;3-7,12,14-15,17H,8-11,13,16H2,1-2H3/b;20-12-.